The van der Waals surface area contributed by atoms with Crippen LogP contribution in [0.3, 0.4) is 0 Å². The van der Waals surface area contributed by atoms with E-state index in [1.54, 1.807) is 0 Å². The summed E-state index contributed by atoms with van der Waals surface area (Å²) in [7, 11) is -3.59. The van der Waals surface area contributed by atoms with E-state index in [9.17, 15) is 9.59 Å². The molecule has 0 aliphatic heterocycles. The molecule has 0 heterocycles. The van der Waals surface area contributed by atoms with Crippen LogP contribution in [-0.2, 0) is 18.4 Å². The molecule has 0 fully saturated rings. The van der Waals surface area contributed by atoms with Crippen LogP contribution in [0.1, 0.15) is 0 Å². The molecule has 0 saturated heterocycles. The van der Waals surface area contributed by atoms with Crippen molar-refractivity contribution < 1.29 is 28.7 Å². The number of hydrogen-bond donors (Lipinski definition) is 2. The SMILES string of the molecule is [2H][SiH2]OC(=O)C(O)C(O)C(=O)O[SiH2][2H]. The van der Waals surface area contributed by atoms with Gasteiger partial charge < -0.3 is 19.1 Å². The smallest absolute Gasteiger partial charge is 0.324 e. The lowest BCUT2D eigenvalue weighted by atomic mass is 10.2. The summed E-state index contributed by atoms with van der Waals surface area (Å²) >= 11 is 0. The largest absolute Gasteiger partial charge is 0.527 e. The Balaban J connectivity index is 4.16. The molecule has 0 saturated carbocycles. The van der Waals surface area contributed by atoms with Crippen molar-refractivity contribution in [2.45, 2.75) is 12.2 Å². The Kier molecular flexibility index (Phi) is 3.32. The van der Waals surface area contributed by atoms with Gasteiger partial charge in [-0.2, -0.15) is 0 Å². The summed E-state index contributed by atoms with van der Waals surface area (Å²) in [5.41, 5.74) is 0. The maximum absolute atomic E-state index is 10.7. The van der Waals surface area contributed by atoms with E-state index in [4.69, 9.17) is 12.7 Å². The Bertz CT molecular complexity index is 192. The van der Waals surface area contributed by atoms with Crippen LogP contribution in [0, 0.1) is 0 Å². The maximum atomic E-state index is 10.7. The first-order chi connectivity index (χ1) is 6.54. The predicted molar refractivity (Wildman–Crippen MR) is 44.1 cm³/mol. The number of carbonyl (C=O) groups excluding carboxylic acids is 2. The average molecular weight is 212 g/mol. The lowest BCUT2D eigenvalue weighted by Gasteiger charge is -2.13. The third kappa shape index (κ3) is 2.73. The Morgan fingerprint density at radius 1 is 1.17 bits per heavy atom. The molecule has 0 spiro atoms. The number of carbonyl (C=O) groups is 2. The third-order valence-corrected chi connectivity index (χ3v) is 1.64. The van der Waals surface area contributed by atoms with Gasteiger partial charge in [-0.1, -0.05) is 0 Å². The topological polar surface area (TPSA) is 93.1 Å². The van der Waals surface area contributed by atoms with Gasteiger partial charge in [0, 0.05) is 0 Å². The van der Waals surface area contributed by atoms with Gasteiger partial charge in [-0.25, -0.2) is 0 Å². The van der Waals surface area contributed by atoms with Crippen LogP contribution < -0.4 is 0 Å². The molecule has 0 aliphatic carbocycles. The van der Waals surface area contributed by atoms with E-state index in [1.807, 2.05) is 0 Å². The summed E-state index contributed by atoms with van der Waals surface area (Å²) in [5, 5.41) is 18.0. The molecule has 2 unspecified atom stereocenters. The molecule has 2 N–H and O–H groups in total. The second kappa shape index (κ2) is 5.03. The first-order valence-corrected chi connectivity index (χ1v) is 3.98. The zero-order valence-electron chi connectivity index (χ0n) is 8.10. The highest BCUT2D eigenvalue weighted by atomic mass is 28.2. The molecule has 0 amide bonds. The normalized spacial score (nSPS) is 18.8. The van der Waals surface area contributed by atoms with Crippen LogP contribution in [0.2, 0.25) is 0 Å². The van der Waals surface area contributed by atoms with E-state index < -0.39 is 45.0 Å². The molecular formula is C4H10O6Si2. The van der Waals surface area contributed by atoms with Crippen molar-refractivity contribution in [3.05, 3.63) is 0 Å². The van der Waals surface area contributed by atoms with Crippen molar-refractivity contribution in [1.29, 1.82) is 2.47 Å². The molecule has 0 aromatic heterocycles. The molecule has 0 aliphatic rings. The van der Waals surface area contributed by atoms with Crippen molar-refractivity contribution in [3.8, 4) is 0 Å². The molecule has 6 nitrogen and oxygen atoms in total. The second-order valence-electron chi connectivity index (χ2n) is 1.82. The molecule has 2 atom stereocenters. The van der Waals surface area contributed by atoms with Gasteiger partial charge in [0.25, 0.3) is 0 Å². The Morgan fingerprint density at radius 2 is 1.50 bits per heavy atom. The first-order valence-electron chi connectivity index (χ1n) is 4.24. The van der Waals surface area contributed by atoms with Crippen LogP contribution >= 0.6 is 0 Å². The van der Waals surface area contributed by atoms with E-state index in [-0.39, 0.29) is 0 Å². The van der Waals surface area contributed by atoms with Gasteiger partial charge in [-0.15, -0.1) is 0 Å². The quantitative estimate of drug-likeness (QED) is 0.445. The van der Waals surface area contributed by atoms with Gasteiger partial charge in [0.15, 0.2) is 12.2 Å². The van der Waals surface area contributed by atoms with Crippen molar-refractivity contribution in [2.75, 3.05) is 0 Å². The highest BCUT2D eigenvalue weighted by molar-refractivity contribution is 6.08. The van der Waals surface area contributed by atoms with Crippen LogP contribution in [0.15, 0.2) is 0 Å². The van der Waals surface area contributed by atoms with Crippen LogP contribution in [0.25, 0.3) is 0 Å². The molecule has 0 aromatic rings. The zero-order valence-corrected chi connectivity index (χ0v) is 8.92. The van der Waals surface area contributed by atoms with E-state index in [0.29, 0.717) is 0 Å². The van der Waals surface area contributed by atoms with Crippen LogP contribution in [0.5, 0.6) is 0 Å². The highest BCUT2D eigenvalue weighted by Gasteiger charge is 2.30. The molecule has 0 aromatic carbocycles. The molecule has 0 radical (unpaired) electrons. The fraction of sp³-hybridized carbons (Fsp3) is 0.500. The average Bonchev–Trinajstić information content (AvgIpc) is 2.16. The molecular weight excluding hydrogens is 200 g/mol. The number of hydrogen-bond acceptors (Lipinski definition) is 6. The molecule has 0 rings (SSSR count). The minimum Gasteiger partial charge on any atom is -0.527 e. The fourth-order valence-corrected chi connectivity index (χ4v) is 0.770. The minimum absolute atomic E-state index is 1.22. The Hall–Kier alpha value is -0.706. The van der Waals surface area contributed by atoms with E-state index in [1.165, 1.54) is 0 Å². The van der Waals surface area contributed by atoms with Gasteiger partial charge >= 0.3 is 11.9 Å². The molecule has 12 heavy (non-hydrogen) atoms. The summed E-state index contributed by atoms with van der Waals surface area (Å²) in [6.07, 6.45) is -4.08. The van der Waals surface area contributed by atoms with Crippen molar-refractivity contribution in [3.63, 3.8) is 0 Å². The lowest BCUT2D eigenvalue weighted by Crippen LogP contribution is -2.41. The summed E-state index contributed by atoms with van der Waals surface area (Å²) in [5.74, 6) is -2.44. The maximum Gasteiger partial charge on any atom is 0.324 e. The van der Waals surface area contributed by atoms with Crippen LogP contribution in [0.4, 0.5) is 0 Å². The predicted octanol–water partition coefficient (Wildman–Crippen LogP) is -4.64. The van der Waals surface area contributed by atoms with Gasteiger partial charge in [0.2, 0.25) is 20.8 Å². The highest BCUT2D eigenvalue weighted by Crippen LogP contribution is 1.97. The zero-order chi connectivity index (χ0) is 11.1. The van der Waals surface area contributed by atoms with Crippen molar-refractivity contribution >= 4 is 32.8 Å². The van der Waals surface area contributed by atoms with E-state index in [2.05, 4.69) is 8.85 Å². The van der Waals surface area contributed by atoms with Crippen molar-refractivity contribution in [1.82, 2.24) is 0 Å². The monoisotopic (exact) mass is 212 g/mol. The summed E-state index contributed by atoms with van der Waals surface area (Å²) in [4.78, 5) is 21.5. The molecule has 8 heteroatoms. The lowest BCUT2D eigenvalue weighted by molar-refractivity contribution is -0.162. The number of aliphatic hydroxyl groups excluding tert-OH is 2. The number of rotatable bonds is 5. The summed E-state index contributed by atoms with van der Waals surface area (Å²) in [6, 6.07) is 0. The standard InChI is InChI=1S/C4H10O6Si2/c5-1(3(7)9-11)2(6)4(8)10-12/h1-2,5-6H,11-12H3/i11D,12D. The Labute approximate surface area is 77.0 Å². The van der Waals surface area contributed by atoms with E-state index >= 15 is 0 Å². The third-order valence-electron chi connectivity index (χ3n) is 1.07. The first kappa shape index (κ1) is 7.92. The summed E-state index contributed by atoms with van der Waals surface area (Å²) in [6.45, 7) is 0. The van der Waals surface area contributed by atoms with Gasteiger partial charge in [0.1, 0.15) is 0 Å². The van der Waals surface area contributed by atoms with Crippen molar-refractivity contribution in [2.24, 2.45) is 0 Å². The Morgan fingerprint density at radius 3 is 1.75 bits per heavy atom. The van der Waals surface area contributed by atoms with Gasteiger partial charge in [-0.3, -0.25) is 9.59 Å². The van der Waals surface area contributed by atoms with Crippen LogP contribution in [-0.4, -0.2) is 57.7 Å². The molecule has 0 bridgehead atoms. The second-order valence-corrected chi connectivity index (χ2v) is 2.39. The van der Waals surface area contributed by atoms with Gasteiger partial charge in [0.05, 0.1) is 2.47 Å². The number of aliphatic hydroxyl groups is 2. The van der Waals surface area contributed by atoms with Gasteiger partial charge in [-0.05, 0) is 0 Å². The minimum atomic E-state index is -2.04. The van der Waals surface area contributed by atoms with E-state index in [0.717, 1.165) is 0 Å². The summed E-state index contributed by atoms with van der Waals surface area (Å²) < 4.78 is 21.6. The fourth-order valence-electron chi connectivity index (χ4n) is 0.429. The molecule has 70 valence electrons.